The van der Waals surface area contributed by atoms with Gasteiger partial charge in [-0.05, 0) is 42.5 Å². The summed E-state index contributed by atoms with van der Waals surface area (Å²) in [4.78, 5) is 10.3. The maximum Gasteiger partial charge on any atom is 0.160 e. The monoisotopic (exact) mass is 761 g/mol. The minimum absolute atomic E-state index is 0.711. The highest BCUT2D eigenvalue weighted by Crippen LogP contribution is 2.47. The van der Waals surface area contributed by atoms with Gasteiger partial charge in [-0.3, -0.25) is 0 Å². The highest BCUT2D eigenvalue weighted by Gasteiger charge is 2.20. The van der Waals surface area contributed by atoms with Gasteiger partial charge in [0, 0.05) is 84.6 Å². The molecule has 266 valence electrons. The van der Waals surface area contributed by atoms with Crippen LogP contribution in [0.4, 0.5) is 0 Å². The first-order valence-electron chi connectivity index (χ1n) is 19.1. The Morgan fingerprint density at radius 3 is 1.68 bits per heavy atom. The zero-order valence-corrected chi connectivity index (χ0v) is 32.2. The first kappa shape index (κ1) is 32.3. The van der Waals surface area contributed by atoms with Gasteiger partial charge in [0.05, 0.1) is 22.4 Å². The van der Waals surface area contributed by atoms with E-state index >= 15 is 0 Å². The minimum Gasteiger partial charge on any atom is -0.309 e. The van der Waals surface area contributed by atoms with Gasteiger partial charge in [-0.25, -0.2) is 9.97 Å². The Morgan fingerprint density at radius 1 is 0.351 bits per heavy atom. The van der Waals surface area contributed by atoms with Gasteiger partial charge in [0.1, 0.15) is 0 Å². The lowest BCUT2D eigenvalue weighted by Crippen LogP contribution is -1.97. The number of rotatable bonds is 5. The summed E-state index contributed by atoms with van der Waals surface area (Å²) in [7, 11) is 0. The molecule has 0 atom stereocenters. The number of fused-ring (bicyclic) bond motifs is 9. The summed E-state index contributed by atoms with van der Waals surface area (Å²) in [5.74, 6) is 0.711. The zero-order chi connectivity index (χ0) is 37.5. The Balaban J connectivity index is 1.14. The number of nitrogens with zero attached hydrogens (tertiary/aromatic N) is 3. The molecule has 57 heavy (non-hydrogen) atoms. The van der Waals surface area contributed by atoms with E-state index in [1.54, 1.807) is 0 Å². The fourth-order valence-electron chi connectivity index (χ4n) is 8.58. The second-order valence-corrected chi connectivity index (χ2v) is 16.6. The van der Waals surface area contributed by atoms with Crippen molar-refractivity contribution in [3.05, 3.63) is 188 Å². The molecular weight excluding hydrogens is 731 g/mol. The number of para-hydroxylation sites is 1. The molecular formula is C52H31N3S2. The van der Waals surface area contributed by atoms with Crippen LogP contribution in [0.3, 0.4) is 0 Å². The second kappa shape index (κ2) is 12.8. The Kier molecular flexibility index (Phi) is 7.27. The number of hydrogen-bond donors (Lipinski definition) is 0. The molecule has 0 amide bonds. The predicted molar refractivity (Wildman–Crippen MR) is 244 cm³/mol. The third kappa shape index (κ3) is 5.17. The summed E-state index contributed by atoms with van der Waals surface area (Å²) in [5.41, 5.74) is 10.9. The van der Waals surface area contributed by atoms with E-state index in [4.69, 9.17) is 9.97 Å². The molecule has 0 saturated heterocycles. The Morgan fingerprint density at radius 2 is 0.930 bits per heavy atom. The average Bonchev–Trinajstić information content (AvgIpc) is 3.96. The van der Waals surface area contributed by atoms with Crippen molar-refractivity contribution in [2.75, 3.05) is 0 Å². The fraction of sp³-hybridized carbons (Fsp3) is 0. The summed E-state index contributed by atoms with van der Waals surface area (Å²) in [6, 6.07) is 67.7. The van der Waals surface area contributed by atoms with E-state index in [-0.39, 0.29) is 0 Å². The van der Waals surface area contributed by atoms with Crippen LogP contribution in [0.5, 0.6) is 0 Å². The van der Waals surface area contributed by atoms with Crippen LogP contribution in [0.2, 0.25) is 0 Å². The van der Waals surface area contributed by atoms with Gasteiger partial charge in [-0.2, -0.15) is 0 Å². The third-order valence-corrected chi connectivity index (χ3v) is 13.7. The van der Waals surface area contributed by atoms with E-state index in [0.29, 0.717) is 5.82 Å². The van der Waals surface area contributed by atoms with Crippen LogP contribution >= 0.6 is 22.7 Å². The molecule has 5 heteroatoms. The molecule has 8 aromatic carbocycles. The van der Waals surface area contributed by atoms with Crippen LogP contribution in [0.25, 0.3) is 113 Å². The molecule has 0 aliphatic heterocycles. The standard InChI is InChI=1S/C52H31N3S2/c1-3-14-32(15-4-1)44-31-45(54-52(53-44)33-16-5-2-6-17-33)34-26-27-37-36-18-7-10-23-46(36)55(47(37)28-34)35-29-42-39-20-9-12-25-49(39)57-51(42)43(30-35)41-22-13-21-40-38-19-8-11-24-48(38)56-50(40)41/h1-31H. The highest BCUT2D eigenvalue weighted by molar-refractivity contribution is 7.27. The molecule has 3 nitrogen and oxygen atoms in total. The minimum atomic E-state index is 0.711. The largest absolute Gasteiger partial charge is 0.309 e. The Bertz CT molecular complexity index is 3460. The lowest BCUT2D eigenvalue weighted by Gasteiger charge is -2.14. The van der Waals surface area contributed by atoms with Gasteiger partial charge in [0.25, 0.3) is 0 Å². The van der Waals surface area contributed by atoms with Gasteiger partial charge < -0.3 is 4.57 Å². The Labute approximate surface area is 336 Å². The molecule has 0 aliphatic carbocycles. The lowest BCUT2D eigenvalue weighted by atomic mass is 9.99. The molecule has 0 saturated carbocycles. The summed E-state index contributed by atoms with van der Waals surface area (Å²) >= 11 is 3.78. The normalized spacial score (nSPS) is 11.9. The van der Waals surface area contributed by atoms with Crippen LogP contribution in [-0.4, -0.2) is 14.5 Å². The number of aromatic nitrogens is 3. The quantitative estimate of drug-likeness (QED) is 0.175. The molecule has 0 aliphatic rings. The molecule has 0 radical (unpaired) electrons. The predicted octanol–water partition coefficient (Wildman–Crippen LogP) is 15.0. The average molecular weight is 762 g/mol. The molecule has 4 aromatic heterocycles. The van der Waals surface area contributed by atoms with Gasteiger partial charge in [0.15, 0.2) is 5.82 Å². The smallest absolute Gasteiger partial charge is 0.160 e. The van der Waals surface area contributed by atoms with Crippen LogP contribution in [0.1, 0.15) is 0 Å². The van der Waals surface area contributed by atoms with Crippen LogP contribution in [-0.2, 0) is 0 Å². The van der Waals surface area contributed by atoms with Gasteiger partial charge in [-0.15, -0.1) is 22.7 Å². The van der Waals surface area contributed by atoms with Gasteiger partial charge in [0.2, 0.25) is 0 Å². The zero-order valence-electron chi connectivity index (χ0n) is 30.6. The van der Waals surface area contributed by atoms with E-state index < -0.39 is 0 Å². The summed E-state index contributed by atoms with van der Waals surface area (Å²) < 4.78 is 7.72. The second-order valence-electron chi connectivity index (χ2n) is 14.5. The van der Waals surface area contributed by atoms with Crippen molar-refractivity contribution < 1.29 is 0 Å². The van der Waals surface area contributed by atoms with Crippen molar-refractivity contribution in [3.8, 4) is 50.7 Å². The first-order valence-corrected chi connectivity index (χ1v) is 20.8. The van der Waals surface area contributed by atoms with Crippen molar-refractivity contribution in [1.82, 2.24) is 14.5 Å². The Hall–Kier alpha value is -6.92. The SMILES string of the molecule is c1ccc(-c2cc(-c3ccc4c5ccccc5n(-c5cc(-c6cccc7c6sc6ccccc67)c6sc7ccccc7c6c5)c4c3)nc(-c3ccccc3)n2)cc1. The summed E-state index contributed by atoms with van der Waals surface area (Å²) in [5, 5.41) is 7.61. The van der Waals surface area contributed by atoms with Crippen molar-refractivity contribution in [2.24, 2.45) is 0 Å². The lowest BCUT2D eigenvalue weighted by molar-refractivity contribution is 1.17. The maximum absolute atomic E-state index is 5.21. The van der Waals surface area contributed by atoms with Gasteiger partial charge in [-0.1, -0.05) is 146 Å². The number of benzene rings is 8. The third-order valence-electron chi connectivity index (χ3n) is 11.2. The topological polar surface area (TPSA) is 30.7 Å². The first-order chi connectivity index (χ1) is 28.2. The molecule has 12 aromatic rings. The number of thiophene rings is 2. The molecule has 0 fully saturated rings. The van der Waals surface area contributed by atoms with E-state index in [1.165, 1.54) is 67.8 Å². The van der Waals surface area contributed by atoms with E-state index in [2.05, 4.69) is 168 Å². The van der Waals surface area contributed by atoms with Crippen molar-refractivity contribution in [3.63, 3.8) is 0 Å². The van der Waals surface area contributed by atoms with Crippen LogP contribution < -0.4 is 0 Å². The fourth-order valence-corrected chi connectivity index (χ4v) is 11.0. The van der Waals surface area contributed by atoms with E-state index in [9.17, 15) is 0 Å². The molecule has 0 spiro atoms. The maximum atomic E-state index is 5.21. The van der Waals surface area contributed by atoms with Crippen LogP contribution in [0.15, 0.2) is 188 Å². The number of hydrogen-bond acceptors (Lipinski definition) is 4. The van der Waals surface area contributed by atoms with Gasteiger partial charge >= 0.3 is 0 Å². The van der Waals surface area contributed by atoms with E-state index in [0.717, 1.165) is 39.3 Å². The van der Waals surface area contributed by atoms with Crippen LogP contribution in [0, 0.1) is 0 Å². The van der Waals surface area contributed by atoms with E-state index in [1.807, 2.05) is 46.9 Å². The highest BCUT2D eigenvalue weighted by atomic mass is 32.1. The molecule has 0 N–H and O–H groups in total. The molecule has 12 rings (SSSR count). The summed E-state index contributed by atoms with van der Waals surface area (Å²) in [6.45, 7) is 0. The van der Waals surface area contributed by atoms with Crippen molar-refractivity contribution in [2.45, 2.75) is 0 Å². The molecule has 0 bridgehead atoms. The van der Waals surface area contributed by atoms with Crippen molar-refractivity contribution >= 4 is 84.8 Å². The van der Waals surface area contributed by atoms with Crippen molar-refractivity contribution in [1.29, 1.82) is 0 Å². The molecule has 4 heterocycles. The summed E-state index contributed by atoms with van der Waals surface area (Å²) in [6.07, 6.45) is 0. The molecule has 0 unspecified atom stereocenters.